The molecule has 1 N–H and O–H groups in total. The molecule has 0 amide bonds. The van der Waals surface area contributed by atoms with Crippen LogP contribution >= 0.6 is 11.6 Å². The lowest BCUT2D eigenvalue weighted by molar-refractivity contribution is 0.425. The zero-order valence-corrected chi connectivity index (χ0v) is 14.9. The largest absolute Gasteiger partial charge is 0.358 e. The number of pyridine rings is 1. The van der Waals surface area contributed by atoms with E-state index in [4.69, 9.17) is 16.1 Å². The summed E-state index contributed by atoms with van der Waals surface area (Å²) in [5.41, 5.74) is 4.51. The normalized spacial score (nSPS) is 14.0. The van der Waals surface area contributed by atoms with Gasteiger partial charge in [-0.25, -0.2) is 4.98 Å². The van der Waals surface area contributed by atoms with Crippen LogP contribution < -0.4 is 4.90 Å². The molecule has 0 unspecified atom stereocenters. The number of anilines is 1. The third-order valence-electron chi connectivity index (χ3n) is 4.78. The first-order chi connectivity index (χ1) is 12.7. The Balaban J connectivity index is 1.58. The van der Waals surface area contributed by atoms with Gasteiger partial charge in [-0.2, -0.15) is 4.98 Å². The van der Waals surface area contributed by atoms with Gasteiger partial charge in [-0.05, 0) is 37.3 Å². The Morgan fingerprint density at radius 3 is 3.04 bits per heavy atom. The lowest BCUT2D eigenvalue weighted by Gasteiger charge is -2.29. The SMILES string of the molecule is Cc1noc(-c2cccnc2N2CCc3[nH]c4ccc(Cl)cc4c3C2)n1. The summed E-state index contributed by atoms with van der Waals surface area (Å²) in [4.78, 5) is 14.7. The number of benzene rings is 1. The van der Waals surface area contributed by atoms with E-state index in [2.05, 4.69) is 25.0 Å². The summed E-state index contributed by atoms with van der Waals surface area (Å²) in [6.45, 7) is 3.43. The third kappa shape index (κ3) is 2.45. The number of hydrogen-bond donors (Lipinski definition) is 1. The molecule has 3 aromatic heterocycles. The summed E-state index contributed by atoms with van der Waals surface area (Å²) in [5, 5.41) is 5.82. The van der Waals surface area contributed by atoms with Crippen LogP contribution in [0.3, 0.4) is 0 Å². The molecule has 4 aromatic rings. The summed E-state index contributed by atoms with van der Waals surface area (Å²) < 4.78 is 5.37. The lowest BCUT2D eigenvalue weighted by atomic mass is 10.0. The van der Waals surface area contributed by atoms with E-state index >= 15 is 0 Å². The van der Waals surface area contributed by atoms with Crippen molar-refractivity contribution in [2.45, 2.75) is 19.9 Å². The molecule has 0 bridgehead atoms. The highest BCUT2D eigenvalue weighted by Gasteiger charge is 2.25. The molecule has 0 saturated carbocycles. The van der Waals surface area contributed by atoms with E-state index in [1.807, 2.05) is 37.3 Å². The number of rotatable bonds is 2. The molecule has 6 nitrogen and oxygen atoms in total. The maximum Gasteiger partial charge on any atom is 0.261 e. The molecule has 0 atom stereocenters. The minimum absolute atomic E-state index is 0.498. The predicted molar refractivity (Wildman–Crippen MR) is 100 cm³/mol. The summed E-state index contributed by atoms with van der Waals surface area (Å²) in [7, 11) is 0. The van der Waals surface area contributed by atoms with Gasteiger partial charge in [0.25, 0.3) is 5.89 Å². The van der Waals surface area contributed by atoms with E-state index in [-0.39, 0.29) is 0 Å². The Morgan fingerprint density at radius 1 is 1.27 bits per heavy atom. The van der Waals surface area contributed by atoms with Crippen LogP contribution in [0.4, 0.5) is 5.82 Å². The van der Waals surface area contributed by atoms with Crippen molar-refractivity contribution >= 4 is 28.3 Å². The smallest absolute Gasteiger partial charge is 0.261 e. The van der Waals surface area contributed by atoms with Gasteiger partial charge in [-0.1, -0.05) is 16.8 Å². The van der Waals surface area contributed by atoms with Gasteiger partial charge >= 0.3 is 0 Å². The van der Waals surface area contributed by atoms with Gasteiger partial charge in [0.2, 0.25) is 0 Å². The highest BCUT2D eigenvalue weighted by molar-refractivity contribution is 6.31. The minimum Gasteiger partial charge on any atom is -0.358 e. The predicted octanol–water partition coefficient (Wildman–Crippen LogP) is 4.14. The molecule has 0 aliphatic carbocycles. The number of nitrogens with zero attached hydrogens (tertiary/aromatic N) is 4. The standard InChI is InChI=1S/C19H16ClN5O/c1-11-22-19(26-24-11)13-3-2-7-21-18(13)25-8-6-17-15(10-25)14-9-12(20)4-5-16(14)23-17/h2-5,7,9,23H,6,8,10H2,1H3. The van der Waals surface area contributed by atoms with E-state index in [1.165, 1.54) is 16.6 Å². The van der Waals surface area contributed by atoms with E-state index in [1.54, 1.807) is 6.20 Å². The van der Waals surface area contributed by atoms with Gasteiger partial charge in [0.1, 0.15) is 5.82 Å². The fraction of sp³-hybridized carbons (Fsp3) is 0.211. The maximum atomic E-state index is 6.21. The van der Waals surface area contributed by atoms with Crippen LogP contribution in [0.1, 0.15) is 17.1 Å². The lowest BCUT2D eigenvalue weighted by Crippen LogP contribution is -2.31. The highest BCUT2D eigenvalue weighted by Crippen LogP contribution is 2.34. The van der Waals surface area contributed by atoms with Crippen LogP contribution in [0, 0.1) is 6.92 Å². The van der Waals surface area contributed by atoms with Gasteiger partial charge < -0.3 is 14.4 Å². The van der Waals surface area contributed by atoms with Crippen LogP contribution in [0.15, 0.2) is 41.1 Å². The molecule has 1 aromatic carbocycles. The zero-order valence-electron chi connectivity index (χ0n) is 14.2. The number of aryl methyl sites for hydroxylation is 1. The Labute approximate surface area is 154 Å². The number of aromatic amines is 1. The van der Waals surface area contributed by atoms with Gasteiger partial charge in [0.15, 0.2) is 5.82 Å². The van der Waals surface area contributed by atoms with E-state index < -0.39 is 0 Å². The number of halogens is 1. The molecule has 1 aliphatic rings. The molecule has 4 heterocycles. The van der Waals surface area contributed by atoms with Crippen LogP contribution in [-0.4, -0.2) is 26.7 Å². The Kier molecular flexibility index (Phi) is 3.46. The second-order valence-corrected chi connectivity index (χ2v) is 6.90. The Bertz CT molecular complexity index is 1120. The zero-order chi connectivity index (χ0) is 17.7. The Hall–Kier alpha value is -2.86. The van der Waals surface area contributed by atoms with Crippen molar-refractivity contribution in [1.29, 1.82) is 0 Å². The summed E-state index contributed by atoms with van der Waals surface area (Å²) in [6.07, 6.45) is 2.71. The molecule has 5 rings (SSSR count). The van der Waals surface area contributed by atoms with Gasteiger partial charge in [0.05, 0.1) is 5.56 Å². The van der Waals surface area contributed by atoms with E-state index in [0.29, 0.717) is 11.7 Å². The van der Waals surface area contributed by atoms with Crippen molar-refractivity contribution in [2.24, 2.45) is 0 Å². The number of hydrogen-bond acceptors (Lipinski definition) is 5. The van der Waals surface area contributed by atoms with Gasteiger partial charge in [-0.15, -0.1) is 0 Å². The van der Waals surface area contributed by atoms with Crippen molar-refractivity contribution in [1.82, 2.24) is 20.1 Å². The summed E-state index contributed by atoms with van der Waals surface area (Å²) in [5.74, 6) is 1.97. The first kappa shape index (κ1) is 15.4. The van der Waals surface area contributed by atoms with Crippen LogP contribution in [-0.2, 0) is 13.0 Å². The minimum atomic E-state index is 0.498. The number of nitrogens with one attached hydrogen (secondary N) is 1. The van der Waals surface area contributed by atoms with Crippen LogP contribution in [0.5, 0.6) is 0 Å². The van der Waals surface area contributed by atoms with Crippen molar-refractivity contribution < 1.29 is 4.52 Å². The highest BCUT2D eigenvalue weighted by atomic mass is 35.5. The molecule has 1 aliphatic heterocycles. The molecule has 7 heteroatoms. The van der Waals surface area contributed by atoms with Gasteiger partial charge in [0, 0.05) is 52.9 Å². The first-order valence-corrected chi connectivity index (χ1v) is 8.86. The second kappa shape index (κ2) is 5.85. The summed E-state index contributed by atoms with van der Waals surface area (Å²) in [6, 6.07) is 9.83. The van der Waals surface area contributed by atoms with Crippen molar-refractivity contribution in [2.75, 3.05) is 11.4 Å². The molecule has 0 saturated heterocycles. The van der Waals surface area contributed by atoms with Gasteiger partial charge in [-0.3, -0.25) is 0 Å². The van der Waals surface area contributed by atoms with Crippen LogP contribution in [0.25, 0.3) is 22.4 Å². The monoisotopic (exact) mass is 365 g/mol. The quantitative estimate of drug-likeness (QED) is 0.578. The topological polar surface area (TPSA) is 70.8 Å². The molecule has 130 valence electrons. The molecule has 0 radical (unpaired) electrons. The van der Waals surface area contributed by atoms with E-state index in [9.17, 15) is 0 Å². The van der Waals surface area contributed by atoms with Crippen molar-refractivity contribution in [3.05, 3.63) is 58.6 Å². The first-order valence-electron chi connectivity index (χ1n) is 8.48. The van der Waals surface area contributed by atoms with Crippen molar-refractivity contribution in [3.8, 4) is 11.5 Å². The average Bonchev–Trinajstić information content (AvgIpc) is 3.24. The molecular weight excluding hydrogens is 350 g/mol. The average molecular weight is 366 g/mol. The fourth-order valence-corrected chi connectivity index (χ4v) is 3.76. The Morgan fingerprint density at radius 2 is 2.19 bits per heavy atom. The molecule has 0 spiro atoms. The maximum absolute atomic E-state index is 6.21. The third-order valence-corrected chi connectivity index (χ3v) is 5.02. The van der Waals surface area contributed by atoms with Crippen molar-refractivity contribution in [3.63, 3.8) is 0 Å². The number of fused-ring (bicyclic) bond motifs is 3. The molecule has 26 heavy (non-hydrogen) atoms. The van der Waals surface area contributed by atoms with E-state index in [0.717, 1.165) is 41.4 Å². The fourth-order valence-electron chi connectivity index (χ4n) is 3.59. The second-order valence-electron chi connectivity index (χ2n) is 6.46. The molecule has 0 fully saturated rings. The molecular formula is C19H16ClN5O. The number of H-pyrrole nitrogens is 1. The van der Waals surface area contributed by atoms with Crippen LogP contribution in [0.2, 0.25) is 5.02 Å². The number of aromatic nitrogens is 4. The summed E-state index contributed by atoms with van der Waals surface area (Å²) >= 11 is 6.21.